The first-order valence-corrected chi connectivity index (χ1v) is 7.41. The van der Waals surface area contributed by atoms with E-state index in [2.05, 4.69) is 24.0 Å². The molecule has 1 saturated carbocycles. The van der Waals surface area contributed by atoms with Crippen LogP contribution in [0, 0.1) is 16.6 Å². The quantitative estimate of drug-likeness (QED) is 0.838. The summed E-state index contributed by atoms with van der Waals surface area (Å²) in [5, 5.41) is 7.02. The Morgan fingerprint density at radius 1 is 1.30 bits per heavy atom. The lowest BCUT2D eigenvalue weighted by atomic mass is 9.81. The van der Waals surface area contributed by atoms with Crippen molar-refractivity contribution in [2.75, 3.05) is 0 Å². The smallest absolute Gasteiger partial charge is 0.304 e. The van der Waals surface area contributed by atoms with Gasteiger partial charge in [-0.1, -0.05) is 13.8 Å². The van der Waals surface area contributed by atoms with Gasteiger partial charge in [0.25, 0.3) is 0 Å². The van der Waals surface area contributed by atoms with E-state index in [4.69, 9.17) is 12.2 Å². The summed E-state index contributed by atoms with van der Waals surface area (Å²) in [4.78, 5) is 0. The standard InChI is InChI=1S/C13H20F3N3S/c1-8(2)7-19-11(17-18-12(19)20)9-3-5-10(6-4-9)13(14,15)16/h8-10H,3-7H2,1-2H3,(H,18,20). The van der Waals surface area contributed by atoms with Gasteiger partial charge >= 0.3 is 6.18 Å². The molecule has 3 nitrogen and oxygen atoms in total. The van der Waals surface area contributed by atoms with Crippen molar-refractivity contribution in [3.63, 3.8) is 0 Å². The molecule has 0 radical (unpaired) electrons. The molecule has 0 unspecified atom stereocenters. The molecule has 1 aromatic heterocycles. The number of hydrogen-bond acceptors (Lipinski definition) is 2. The van der Waals surface area contributed by atoms with E-state index < -0.39 is 12.1 Å². The van der Waals surface area contributed by atoms with E-state index in [1.54, 1.807) is 0 Å². The van der Waals surface area contributed by atoms with E-state index in [9.17, 15) is 13.2 Å². The lowest BCUT2D eigenvalue weighted by Crippen LogP contribution is -2.28. The van der Waals surface area contributed by atoms with E-state index in [1.165, 1.54) is 0 Å². The lowest BCUT2D eigenvalue weighted by molar-refractivity contribution is -0.182. The lowest BCUT2D eigenvalue weighted by Gasteiger charge is -2.29. The maximum absolute atomic E-state index is 12.7. The van der Waals surface area contributed by atoms with Gasteiger partial charge in [-0.25, -0.2) is 0 Å². The summed E-state index contributed by atoms with van der Waals surface area (Å²) in [7, 11) is 0. The highest BCUT2D eigenvalue weighted by Crippen LogP contribution is 2.42. The molecule has 1 fully saturated rings. The summed E-state index contributed by atoms with van der Waals surface area (Å²) < 4.78 is 40.6. The van der Waals surface area contributed by atoms with E-state index in [0.717, 1.165) is 12.4 Å². The molecular weight excluding hydrogens is 287 g/mol. The van der Waals surface area contributed by atoms with Crippen molar-refractivity contribution in [2.45, 2.75) is 58.2 Å². The zero-order valence-corrected chi connectivity index (χ0v) is 12.5. The Hall–Kier alpha value is -0.850. The topological polar surface area (TPSA) is 33.6 Å². The van der Waals surface area contributed by atoms with Crippen molar-refractivity contribution >= 4 is 12.2 Å². The molecule has 1 heterocycles. The van der Waals surface area contributed by atoms with Crippen LogP contribution in [0.3, 0.4) is 0 Å². The van der Waals surface area contributed by atoms with Crippen LogP contribution in [0.15, 0.2) is 0 Å². The minimum Gasteiger partial charge on any atom is -0.304 e. The number of alkyl halides is 3. The van der Waals surface area contributed by atoms with Crippen LogP contribution in [-0.4, -0.2) is 20.9 Å². The second kappa shape index (κ2) is 5.87. The molecule has 1 aliphatic carbocycles. The highest BCUT2D eigenvalue weighted by molar-refractivity contribution is 7.71. The van der Waals surface area contributed by atoms with Crippen LogP contribution in [0.2, 0.25) is 0 Å². The molecule has 2 rings (SSSR count). The van der Waals surface area contributed by atoms with Gasteiger partial charge in [0.1, 0.15) is 5.82 Å². The Morgan fingerprint density at radius 2 is 1.90 bits per heavy atom. The molecule has 0 aromatic carbocycles. The first kappa shape index (κ1) is 15.5. The van der Waals surface area contributed by atoms with Crippen molar-refractivity contribution < 1.29 is 13.2 Å². The Morgan fingerprint density at radius 3 is 2.40 bits per heavy atom. The number of H-pyrrole nitrogens is 1. The van der Waals surface area contributed by atoms with Crippen LogP contribution in [0.4, 0.5) is 13.2 Å². The molecule has 0 bridgehead atoms. The molecule has 0 atom stereocenters. The van der Waals surface area contributed by atoms with Crippen LogP contribution < -0.4 is 0 Å². The van der Waals surface area contributed by atoms with Gasteiger partial charge < -0.3 is 4.57 Å². The fourth-order valence-corrected chi connectivity index (χ4v) is 3.08. The summed E-state index contributed by atoms with van der Waals surface area (Å²) in [5.74, 6) is 0.174. The van der Waals surface area contributed by atoms with Crippen LogP contribution >= 0.6 is 12.2 Å². The molecule has 0 amide bonds. The Labute approximate surface area is 121 Å². The summed E-state index contributed by atoms with van der Waals surface area (Å²) in [6.07, 6.45) is -2.62. The number of nitrogens with one attached hydrogen (secondary N) is 1. The predicted octanol–water partition coefficient (Wildman–Crippen LogP) is 4.43. The van der Waals surface area contributed by atoms with E-state index in [-0.39, 0.29) is 18.8 Å². The Balaban J connectivity index is 2.09. The third kappa shape index (κ3) is 3.42. The van der Waals surface area contributed by atoms with E-state index >= 15 is 0 Å². The summed E-state index contributed by atoms with van der Waals surface area (Å²) in [6, 6.07) is 0. The number of rotatable bonds is 3. The summed E-state index contributed by atoms with van der Waals surface area (Å²) in [5.41, 5.74) is 0. The first-order chi connectivity index (χ1) is 9.29. The Kier molecular flexibility index (Phi) is 4.56. The maximum atomic E-state index is 12.7. The van der Waals surface area contributed by atoms with Gasteiger partial charge in [-0.05, 0) is 43.8 Å². The van der Waals surface area contributed by atoms with Crippen molar-refractivity contribution in [2.24, 2.45) is 11.8 Å². The van der Waals surface area contributed by atoms with Crippen molar-refractivity contribution in [1.82, 2.24) is 14.8 Å². The third-order valence-corrected chi connectivity index (χ3v) is 4.20. The maximum Gasteiger partial charge on any atom is 0.391 e. The third-order valence-electron chi connectivity index (χ3n) is 3.89. The van der Waals surface area contributed by atoms with Gasteiger partial charge in [-0.3, -0.25) is 5.10 Å². The Bertz CT molecular complexity index is 496. The molecule has 7 heteroatoms. The van der Waals surface area contributed by atoms with Crippen molar-refractivity contribution in [3.8, 4) is 0 Å². The zero-order valence-electron chi connectivity index (χ0n) is 11.7. The summed E-state index contributed by atoms with van der Waals surface area (Å²) >= 11 is 5.21. The molecule has 1 aliphatic rings. The van der Waals surface area contributed by atoms with Gasteiger partial charge in [-0.2, -0.15) is 18.3 Å². The largest absolute Gasteiger partial charge is 0.391 e. The highest BCUT2D eigenvalue weighted by Gasteiger charge is 2.42. The SMILES string of the molecule is CC(C)Cn1c(C2CCC(C(F)(F)F)CC2)n[nH]c1=S. The van der Waals surface area contributed by atoms with Crippen LogP contribution in [0.5, 0.6) is 0 Å². The first-order valence-electron chi connectivity index (χ1n) is 7.01. The molecule has 0 saturated heterocycles. The molecule has 114 valence electrons. The van der Waals surface area contributed by atoms with Gasteiger partial charge in [0, 0.05) is 12.5 Å². The zero-order chi connectivity index (χ0) is 14.9. The van der Waals surface area contributed by atoms with Gasteiger partial charge in [-0.15, -0.1) is 0 Å². The summed E-state index contributed by atoms with van der Waals surface area (Å²) in [6.45, 7) is 4.92. The van der Waals surface area contributed by atoms with Gasteiger partial charge in [0.2, 0.25) is 0 Å². The van der Waals surface area contributed by atoms with Crippen molar-refractivity contribution in [1.29, 1.82) is 0 Å². The van der Waals surface area contributed by atoms with Crippen molar-refractivity contribution in [3.05, 3.63) is 10.6 Å². The van der Waals surface area contributed by atoms with Gasteiger partial charge in [0.15, 0.2) is 4.77 Å². The number of hydrogen-bond donors (Lipinski definition) is 1. The molecule has 0 aliphatic heterocycles. The average molecular weight is 307 g/mol. The minimum atomic E-state index is -4.06. The molecule has 1 aromatic rings. The number of nitrogens with zero attached hydrogens (tertiary/aromatic N) is 2. The molecular formula is C13H20F3N3S. The fourth-order valence-electron chi connectivity index (χ4n) is 2.86. The average Bonchev–Trinajstić information content (AvgIpc) is 2.70. The number of aromatic amines is 1. The predicted molar refractivity (Wildman–Crippen MR) is 73.0 cm³/mol. The number of aromatic nitrogens is 3. The fraction of sp³-hybridized carbons (Fsp3) is 0.846. The van der Waals surface area contributed by atoms with E-state index in [0.29, 0.717) is 23.5 Å². The van der Waals surface area contributed by atoms with Crippen LogP contribution in [0.25, 0.3) is 0 Å². The number of halogens is 3. The van der Waals surface area contributed by atoms with Crippen LogP contribution in [-0.2, 0) is 6.54 Å². The highest BCUT2D eigenvalue weighted by atomic mass is 32.1. The molecule has 20 heavy (non-hydrogen) atoms. The second-order valence-corrected chi connectivity index (χ2v) is 6.37. The second-order valence-electron chi connectivity index (χ2n) is 5.98. The monoisotopic (exact) mass is 307 g/mol. The minimum absolute atomic E-state index is 0.0836. The van der Waals surface area contributed by atoms with Gasteiger partial charge in [0.05, 0.1) is 5.92 Å². The normalized spacial score (nSPS) is 24.3. The molecule has 1 N–H and O–H groups in total. The van der Waals surface area contributed by atoms with E-state index in [1.807, 2.05) is 4.57 Å². The van der Waals surface area contributed by atoms with Crippen LogP contribution in [0.1, 0.15) is 51.3 Å². The molecule has 0 spiro atoms.